The van der Waals surface area contributed by atoms with E-state index in [0.717, 1.165) is 74.4 Å². The van der Waals surface area contributed by atoms with Crippen molar-refractivity contribution in [3.8, 4) is 0 Å². The van der Waals surface area contributed by atoms with Gasteiger partial charge in [0.05, 0.1) is 11.2 Å². The van der Waals surface area contributed by atoms with Gasteiger partial charge in [-0.15, -0.1) is 0 Å². The fourth-order valence-corrected chi connectivity index (χ4v) is 3.97. The molecule has 26 heavy (non-hydrogen) atoms. The highest BCUT2D eigenvalue weighted by Gasteiger charge is 2.27. The van der Waals surface area contributed by atoms with Crippen molar-refractivity contribution in [2.75, 3.05) is 44.7 Å². The molecule has 2 fully saturated rings. The molecule has 2 aliphatic rings. The van der Waals surface area contributed by atoms with Crippen molar-refractivity contribution in [1.82, 2.24) is 14.8 Å². The van der Waals surface area contributed by atoms with Gasteiger partial charge in [-0.1, -0.05) is 6.07 Å². The number of pyridine rings is 1. The summed E-state index contributed by atoms with van der Waals surface area (Å²) in [5.41, 5.74) is 2.75. The Morgan fingerprint density at radius 2 is 1.96 bits per heavy atom. The van der Waals surface area contributed by atoms with E-state index in [0.29, 0.717) is 6.04 Å². The minimum Gasteiger partial charge on any atom is -0.381 e. The molecule has 2 saturated heterocycles. The number of benzene rings is 1. The number of nitrogens with one attached hydrogen (secondary N) is 1. The van der Waals surface area contributed by atoms with Gasteiger partial charge >= 0.3 is 6.03 Å². The highest BCUT2D eigenvalue weighted by atomic mass is 16.5. The third kappa shape index (κ3) is 3.66. The van der Waals surface area contributed by atoms with Gasteiger partial charge in [0.2, 0.25) is 0 Å². The van der Waals surface area contributed by atoms with Crippen LogP contribution in [0.1, 0.15) is 18.4 Å². The second kappa shape index (κ2) is 7.60. The first-order valence-electron chi connectivity index (χ1n) is 9.44. The summed E-state index contributed by atoms with van der Waals surface area (Å²) in [5.74, 6) is 0. The van der Waals surface area contributed by atoms with Gasteiger partial charge in [-0.2, -0.15) is 0 Å². The van der Waals surface area contributed by atoms with E-state index < -0.39 is 0 Å². The predicted octanol–water partition coefficient (Wildman–Crippen LogP) is 2.87. The molecule has 0 saturated carbocycles. The molecule has 2 aromatic rings. The fourth-order valence-electron chi connectivity index (χ4n) is 3.97. The third-order valence-electron chi connectivity index (χ3n) is 5.40. The molecule has 0 spiro atoms. The van der Waals surface area contributed by atoms with Crippen molar-refractivity contribution in [2.45, 2.75) is 25.8 Å². The summed E-state index contributed by atoms with van der Waals surface area (Å²) in [4.78, 5) is 21.6. The fraction of sp³-hybridized carbons (Fsp3) is 0.500. The monoisotopic (exact) mass is 354 g/mol. The first kappa shape index (κ1) is 17.2. The van der Waals surface area contributed by atoms with Gasteiger partial charge in [-0.25, -0.2) is 4.79 Å². The molecule has 4 rings (SSSR count). The van der Waals surface area contributed by atoms with Crippen molar-refractivity contribution in [2.24, 2.45) is 0 Å². The highest BCUT2D eigenvalue weighted by Crippen LogP contribution is 2.24. The predicted molar refractivity (Wildman–Crippen MR) is 102 cm³/mol. The molecule has 2 amide bonds. The molecule has 0 bridgehead atoms. The lowest BCUT2D eigenvalue weighted by Gasteiger charge is -2.40. The van der Waals surface area contributed by atoms with Crippen LogP contribution in [0.4, 0.5) is 10.5 Å². The molecule has 1 aromatic carbocycles. The number of hydrogen-bond acceptors (Lipinski definition) is 4. The van der Waals surface area contributed by atoms with Gasteiger partial charge in [0.15, 0.2) is 0 Å². The Bertz CT molecular complexity index is 780. The van der Waals surface area contributed by atoms with Crippen molar-refractivity contribution in [3.05, 3.63) is 36.0 Å². The van der Waals surface area contributed by atoms with Crippen molar-refractivity contribution >= 4 is 22.6 Å². The van der Waals surface area contributed by atoms with Crippen molar-refractivity contribution in [1.29, 1.82) is 0 Å². The molecule has 1 aromatic heterocycles. The van der Waals surface area contributed by atoms with Gasteiger partial charge in [0, 0.05) is 57.0 Å². The van der Waals surface area contributed by atoms with Gasteiger partial charge in [-0.05, 0) is 43.5 Å². The van der Waals surface area contributed by atoms with Crippen LogP contribution in [0.3, 0.4) is 0 Å². The molecule has 1 N–H and O–H groups in total. The minimum atomic E-state index is -0.0332. The highest BCUT2D eigenvalue weighted by molar-refractivity contribution is 6.00. The number of carbonyl (C=O) groups is 1. The second-order valence-electron chi connectivity index (χ2n) is 7.18. The van der Waals surface area contributed by atoms with E-state index in [9.17, 15) is 4.79 Å². The molecule has 3 heterocycles. The number of hydrogen-bond donors (Lipinski definition) is 1. The Kier molecular flexibility index (Phi) is 5.04. The maximum Gasteiger partial charge on any atom is 0.321 e. The Morgan fingerprint density at radius 3 is 2.73 bits per heavy atom. The van der Waals surface area contributed by atoms with Crippen LogP contribution in [-0.2, 0) is 4.74 Å². The zero-order chi connectivity index (χ0) is 17.9. The number of amides is 2. The summed E-state index contributed by atoms with van der Waals surface area (Å²) in [6, 6.07) is 8.60. The zero-order valence-electron chi connectivity index (χ0n) is 15.3. The normalized spacial score (nSPS) is 19.7. The van der Waals surface area contributed by atoms with Crippen LogP contribution >= 0.6 is 0 Å². The van der Waals surface area contributed by atoms with E-state index in [1.54, 1.807) is 6.20 Å². The van der Waals surface area contributed by atoms with E-state index in [1.807, 2.05) is 30.0 Å². The van der Waals surface area contributed by atoms with Crippen molar-refractivity contribution < 1.29 is 9.53 Å². The molecule has 0 aliphatic carbocycles. The maximum atomic E-state index is 12.8. The number of aryl methyl sites for hydroxylation is 1. The van der Waals surface area contributed by atoms with E-state index in [2.05, 4.69) is 21.3 Å². The lowest BCUT2D eigenvalue weighted by Crippen LogP contribution is -2.53. The molecule has 0 atom stereocenters. The number of carbonyl (C=O) groups excluding carboxylic acids is 1. The van der Waals surface area contributed by atoms with E-state index in [1.165, 1.54) is 0 Å². The molecule has 0 unspecified atom stereocenters. The molecule has 6 nitrogen and oxygen atoms in total. The standard InChI is InChI=1S/C20H26N4O2/c1-15-13-16-3-2-6-21-19(16)18(14-15)22-20(25)24-9-7-23(8-10-24)17-4-11-26-12-5-17/h2-3,6,13-14,17H,4-5,7-12H2,1H3,(H,22,25). The summed E-state index contributed by atoms with van der Waals surface area (Å²) in [7, 11) is 0. The molecule has 0 radical (unpaired) electrons. The van der Waals surface area contributed by atoms with E-state index >= 15 is 0 Å². The van der Waals surface area contributed by atoms with Gasteiger partial charge in [0.25, 0.3) is 0 Å². The van der Waals surface area contributed by atoms with Crippen molar-refractivity contribution in [3.63, 3.8) is 0 Å². The SMILES string of the molecule is Cc1cc(NC(=O)N2CCN(C3CCOCC3)CC2)c2ncccc2c1. The van der Waals surface area contributed by atoms with Crippen LogP contribution in [0.2, 0.25) is 0 Å². The number of fused-ring (bicyclic) bond motifs is 1. The van der Waals surface area contributed by atoms with Crippen LogP contribution in [0.15, 0.2) is 30.5 Å². The summed E-state index contributed by atoms with van der Waals surface area (Å²) in [5, 5.41) is 4.12. The lowest BCUT2D eigenvalue weighted by atomic mass is 10.1. The Hall–Kier alpha value is -2.18. The largest absolute Gasteiger partial charge is 0.381 e. The van der Waals surface area contributed by atoms with Crippen LogP contribution in [0.5, 0.6) is 0 Å². The molecular formula is C20H26N4O2. The van der Waals surface area contributed by atoms with Crippen LogP contribution in [-0.4, -0.2) is 66.2 Å². The number of ether oxygens (including phenoxy) is 1. The zero-order valence-corrected chi connectivity index (χ0v) is 15.3. The topological polar surface area (TPSA) is 57.7 Å². The summed E-state index contributed by atoms with van der Waals surface area (Å²) in [6.07, 6.45) is 3.97. The molecule has 2 aliphatic heterocycles. The summed E-state index contributed by atoms with van der Waals surface area (Å²) >= 11 is 0. The number of aromatic nitrogens is 1. The number of nitrogens with zero attached hydrogens (tertiary/aromatic N) is 3. The number of urea groups is 1. The molecule has 138 valence electrons. The smallest absolute Gasteiger partial charge is 0.321 e. The summed E-state index contributed by atoms with van der Waals surface area (Å²) in [6.45, 7) is 7.16. The first-order chi connectivity index (χ1) is 12.7. The van der Waals surface area contributed by atoms with Gasteiger partial charge < -0.3 is 15.0 Å². The summed E-state index contributed by atoms with van der Waals surface area (Å²) < 4.78 is 5.45. The Morgan fingerprint density at radius 1 is 1.19 bits per heavy atom. The molecule has 6 heteroatoms. The van der Waals surface area contributed by atoms with Crippen LogP contribution < -0.4 is 5.32 Å². The average Bonchev–Trinajstić information content (AvgIpc) is 2.68. The van der Waals surface area contributed by atoms with Crippen LogP contribution in [0, 0.1) is 6.92 Å². The maximum absolute atomic E-state index is 12.8. The number of anilines is 1. The van der Waals surface area contributed by atoms with Gasteiger partial charge in [-0.3, -0.25) is 9.88 Å². The van der Waals surface area contributed by atoms with Gasteiger partial charge in [0.1, 0.15) is 0 Å². The number of piperazine rings is 1. The molecular weight excluding hydrogens is 328 g/mol. The third-order valence-corrected chi connectivity index (χ3v) is 5.40. The van der Waals surface area contributed by atoms with Crippen LogP contribution in [0.25, 0.3) is 10.9 Å². The Balaban J connectivity index is 1.40. The lowest BCUT2D eigenvalue weighted by molar-refractivity contribution is 0.0194. The Labute approximate surface area is 154 Å². The number of rotatable bonds is 2. The second-order valence-corrected chi connectivity index (χ2v) is 7.18. The first-order valence-corrected chi connectivity index (χ1v) is 9.44. The van der Waals surface area contributed by atoms with E-state index in [-0.39, 0.29) is 6.03 Å². The minimum absolute atomic E-state index is 0.0332. The average molecular weight is 354 g/mol. The van der Waals surface area contributed by atoms with E-state index in [4.69, 9.17) is 4.74 Å². The quantitative estimate of drug-likeness (QED) is 0.901.